The van der Waals surface area contributed by atoms with Crippen molar-refractivity contribution in [3.63, 3.8) is 0 Å². The van der Waals surface area contributed by atoms with Crippen molar-refractivity contribution in [1.82, 2.24) is 14.3 Å². The number of nitrogens with zero attached hydrogens (tertiary/aromatic N) is 2. The van der Waals surface area contributed by atoms with Gasteiger partial charge in [0.15, 0.2) is 4.90 Å². The Kier molecular flexibility index (Phi) is 5.87. The minimum atomic E-state index is -1.43. The van der Waals surface area contributed by atoms with E-state index >= 15 is 0 Å². The van der Waals surface area contributed by atoms with Gasteiger partial charge in [-0.1, -0.05) is 29.8 Å². The molecule has 0 radical (unpaired) electrons. The Hall–Kier alpha value is -2.38. The first-order chi connectivity index (χ1) is 14.1. The lowest BCUT2D eigenvalue weighted by Gasteiger charge is -2.11. The molecule has 0 aliphatic carbocycles. The van der Waals surface area contributed by atoms with Gasteiger partial charge in [0.2, 0.25) is 0 Å². The Morgan fingerprint density at radius 1 is 1.17 bits per heavy atom. The fourth-order valence-corrected chi connectivity index (χ4v) is 4.62. The summed E-state index contributed by atoms with van der Waals surface area (Å²) in [5, 5.41) is 4.53. The molecular formula is C22H19ClFN3OS. The number of pyridine rings is 1. The lowest BCUT2D eigenvalue weighted by molar-refractivity contribution is 0.587. The standard InChI is InChI=1S/C22H19ClFN3OS/c1-25-12-17-14-27(29(28)19-3-2-8-26-13-19)22-10-15(4-7-20(17)22)9-16-5-6-18(23)11-21(16)24/h2-8,10-11,13-14,25H,9,12H2,1H3. The quantitative estimate of drug-likeness (QED) is 0.453. The second-order valence-corrected chi connectivity index (χ2v) is 8.51. The van der Waals surface area contributed by atoms with E-state index in [-0.39, 0.29) is 5.82 Å². The van der Waals surface area contributed by atoms with E-state index in [1.165, 1.54) is 6.07 Å². The van der Waals surface area contributed by atoms with Gasteiger partial charge < -0.3 is 9.87 Å². The highest BCUT2D eigenvalue weighted by Gasteiger charge is 2.20. The molecule has 0 aliphatic heterocycles. The van der Waals surface area contributed by atoms with Gasteiger partial charge in [0, 0.05) is 29.6 Å². The maximum atomic E-state index is 14.2. The highest BCUT2D eigenvalue weighted by atomic mass is 35.5. The molecule has 7 heteroatoms. The SMILES string of the molecule is CNCc1cn([S+]([O-])c2cccnc2)c2cc(Cc3ccc(Cl)cc3F)ccc12. The first kappa shape index (κ1) is 19.9. The average molecular weight is 428 g/mol. The molecule has 1 atom stereocenters. The van der Waals surface area contributed by atoms with Crippen LogP contribution in [-0.2, 0) is 24.3 Å². The Labute approximate surface area is 176 Å². The van der Waals surface area contributed by atoms with Gasteiger partial charge in [-0.25, -0.2) is 4.39 Å². The zero-order valence-electron chi connectivity index (χ0n) is 15.7. The summed E-state index contributed by atoms with van der Waals surface area (Å²) >= 11 is 4.42. The molecule has 0 fully saturated rings. The summed E-state index contributed by atoms with van der Waals surface area (Å²) in [6.45, 7) is 0.652. The van der Waals surface area contributed by atoms with Gasteiger partial charge in [-0.2, -0.15) is 3.97 Å². The van der Waals surface area contributed by atoms with Crippen LogP contribution in [0.25, 0.3) is 10.9 Å². The molecule has 4 nitrogen and oxygen atoms in total. The lowest BCUT2D eigenvalue weighted by Crippen LogP contribution is -2.12. The van der Waals surface area contributed by atoms with E-state index in [0.29, 0.717) is 28.4 Å². The van der Waals surface area contributed by atoms with Crippen LogP contribution < -0.4 is 5.32 Å². The Morgan fingerprint density at radius 3 is 2.76 bits per heavy atom. The summed E-state index contributed by atoms with van der Waals surface area (Å²) in [5.41, 5.74) is 3.38. The number of hydrogen-bond acceptors (Lipinski definition) is 3. The van der Waals surface area contributed by atoms with Crippen molar-refractivity contribution >= 4 is 33.9 Å². The van der Waals surface area contributed by atoms with Crippen molar-refractivity contribution in [1.29, 1.82) is 0 Å². The van der Waals surface area contributed by atoms with Crippen molar-refractivity contribution in [2.24, 2.45) is 0 Å². The summed E-state index contributed by atoms with van der Waals surface area (Å²) in [6.07, 6.45) is 5.58. The van der Waals surface area contributed by atoms with E-state index in [0.717, 1.165) is 22.0 Å². The first-order valence-corrected chi connectivity index (χ1v) is 10.6. The zero-order valence-corrected chi connectivity index (χ0v) is 17.3. The molecular weight excluding hydrogens is 409 g/mol. The zero-order chi connectivity index (χ0) is 20.4. The number of fused-ring (bicyclic) bond motifs is 1. The van der Waals surface area contributed by atoms with Crippen LogP contribution in [0.5, 0.6) is 0 Å². The van der Waals surface area contributed by atoms with Crippen LogP contribution >= 0.6 is 11.6 Å². The Morgan fingerprint density at radius 2 is 2.03 bits per heavy atom. The normalized spacial score (nSPS) is 12.4. The molecule has 2 aromatic carbocycles. The Balaban J connectivity index is 1.77. The molecule has 148 valence electrons. The van der Waals surface area contributed by atoms with Crippen molar-refractivity contribution < 1.29 is 8.94 Å². The molecule has 0 saturated carbocycles. The fourth-order valence-electron chi connectivity index (χ4n) is 3.34. The summed E-state index contributed by atoms with van der Waals surface area (Å²) in [7, 11) is 1.87. The molecule has 0 bridgehead atoms. The third-order valence-electron chi connectivity index (χ3n) is 4.71. The molecule has 2 heterocycles. The van der Waals surface area contributed by atoms with Gasteiger partial charge >= 0.3 is 0 Å². The second-order valence-electron chi connectivity index (χ2n) is 6.71. The molecule has 0 saturated heterocycles. The van der Waals surface area contributed by atoms with E-state index in [4.69, 9.17) is 11.6 Å². The van der Waals surface area contributed by atoms with Crippen LogP contribution in [0.3, 0.4) is 0 Å². The highest BCUT2D eigenvalue weighted by Crippen LogP contribution is 2.28. The van der Waals surface area contributed by atoms with Crippen molar-refractivity contribution in [2.45, 2.75) is 17.9 Å². The minimum Gasteiger partial charge on any atom is -0.587 e. The molecule has 0 amide bonds. The van der Waals surface area contributed by atoms with Crippen LogP contribution in [0.15, 0.2) is 72.0 Å². The predicted molar refractivity (Wildman–Crippen MR) is 115 cm³/mol. The fraction of sp³-hybridized carbons (Fsp3) is 0.136. The number of nitrogens with one attached hydrogen (secondary N) is 1. The molecule has 29 heavy (non-hydrogen) atoms. The summed E-state index contributed by atoms with van der Waals surface area (Å²) in [6, 6.07) is 14.2. The van der Waals surface area contributed by atoms with Gasteiger partial charge in [-0.3, -0.25) is 4.98 Å². The minimum absolute atomic E-state index is 0.331. The van der Waals surface area contributed by atoms with Crippen molar-refractivity contribution in [2.75, 3.05) is 7.05 Å². The van der Waals surface area contributed by atoms with E-state index in [1.807, 2.05) is 31.4 Å². The van der Waals surface area contributed by atoms with Gasteiger partial charge in [0.25, 0.3) is 0 Å². The van der Waals surface area contributed by atoms with Crippen LogP contribution in [0, 0.1) is 5.82 Å². The number of hydrogen-bond donors (Lipinski definition) is 1. The monoisotopic (exact) mass is 427 g/mol. The molecule has 1 N–H and O–H groups in total. The maximum absolute atomic E-state index is 14.2. The smallest absolute Gasteiger partial charge is 0.198 e. The van der Waals surface area contributed by atoms with Crippen molar-refractivity contribution in [3.05, 3.63) is 94.7 Å². The van der Waals surface area contributed by atoms with E-state index < -0.39 is 11.4 Å². The van der Waals surface area contributed by atoms with E-state index in [9.17, 15) is 8.94 Å². The second kappa shape index (κ2) is 8.55. The number of rotatable bonds is 6. The van der Waals surface area contributed by atoms with Crippen LogP contribution in [-0.4, -0.2) is 20.6 Å². The van der Waals surface area contributed by atoms with E-state index in [2.05, 4.69) is 10.3 Å². The molecule has 0 spiro atoms. The van der Waals surface area contributed by atoms with Gasteiger partial charge in [0.1, 0.15) is 17.2 Å². The van der Waals surface area contributed by atoms with Crippen LogP contribution in [0.4, 0.5) is 4.39 Å². The maximum Gasteiger partial charge on any atom is 0.198 e. The third kappa shape index (κ3) is 4.16. The van der Waals surface area contributed by atoms with Gasteiger partial charge in [-0.15, -0.1) is 0 Å². The molecule has 4 rings (SSSR count). The topological polar surface area (TPSA) is 52.9 Å². The van der Waals surface area contributed by atoms with Gasteiger partial charge in [0.05, 0.1) is 17.9 Å². The highest BCUT2D eigenvalue weighted by molar-refractivity contribution is 7.90. The first-order valence-electron chi connectivity index (χ1n) is 9.10. The molecule has 2 aromatic heterocycles. The predicted octanol–water partition coefficient (Wildman–Crippen LogP) is 4.71. The molecule has 4 aromatic rings. The largest absolute Gasteiger partial charge is 0.587 e. The van der Waals surface area contributed by atoms with Crippen LogP contribution in [0.2, 0.25) is 5.02 Å². The molecule has 1 unspecified atom stereocenters. The summed E-state index contributed by atoms with van der Waals surface area (Å²) < 4.78 is 29.2. The summed E-state index contributed by atoms with van der Waals surface area (Å²) in [5.74, 6) is -0.331. The Bertz CT molecular complexity index is 1150. The van der Waals surface area contributed by atoms with Crippen LogP contribution in [0.1, 0.15) is 16.7 Å². The molecule has 0 aliphatic rings. The average Bonchev–Trinajstić information content (AvgIpc) is 3.08. The third-order valence-corrected chi connectivity index (χ3v) is 6.25. The summed E-state index contributed by atoms with van der Waals surface area (Å²) in [4.78, 5) is 4.69. The number of aromatic nitrogens is 2. The lowest BCUT2D eigenvalue weighted by atomic mass is 10.0. The van der Waals surface area contributed by atoms with Crippen molar-refractivity contribution in [3.8, 4) is 0 Å². The van der Waals surface area contributed by atoms with E-state index in [1.54, 1.807) is 40.6 Å². The van der Waals surface area contributed by atoms with Gasteiger partial charge in [-0.05, 0) is 54.1 Å². The number of halogens is 2. The number of benzene rings is 2.